The molecule has 0 spiro atoms. The van der Waals surface area contributed by atoms with Crippen molar-refractivity contribution in [3.63, 3.8) is 0 Å². The van der Waals surface area contributed by atoms with E-state index >= 15 is 0 Å². The molecule has 1 aromatic carbocycles. The summed E-state index contributed by atoms with van der Waals surface area (Å²) in [5.74, 6) is 0. The molecule has 0 aliphatic heterocycles. The Kier molecular flexibility index (Phi) is 3.27. The van der Waals surface area contributed by atoms with E-state index in [4.69, 9.17) is 0 Å². The van der Waals surface area contributed by atoms with Crippen LogP contribution in [0.3, 0.4) is 0 Å². The first-order valence-electron chi connectivity index (χ1n) is 8.23. The average molecular weight is 268 g/mol. The van der Waals surface area contributed by atoms with Crippen LogP contribution < -0.4 is 5.32 Å². The summed E-state index contributed by atoms with van der Waals surface area (Å²) in [6.45, 7) is 1.03. The van der Waals surface area contributed by atoms with E-state index in [2.05, 4.69) is 40.3 Å². The fraction of sp³-hybridized carbons (Fsp3) is 0.556. The van der Waals surface area contributed by atoms with Crippen molar-refractivity contribution in [2.75, 3.05) is 0 Å². The van der Waals surface area contributed by atoms with Gasteiger partial charge in [-0.25, -0.2) is 0 Å². The van der Waals surface area contributed by atoms with E-state index in [-0.39, 0.29) is 0 Å². The van der Waals surface area contributed by atoms with E-state index in [1.807, 2.05) is 0 Å². The zero-order chi connectivity index (χ0) is 13.4. The quantitative estimate of drug-likeness (QED) is 0.869. The summed E-state index contributed by atoms with van der Waals surface area (Å²) in [5, 5.41) is 5.08. The predicted molar refractivity (Wildman–Crippen MR) is 83.9 cm³/mol. The van der Waals surface area contributed by atoms with Crippen LogP contribution in [-0.4, -0.2) is 10.6 Å². The van der Waals surface area contributed by atoms with Gasteiger partial charge in [0.05, 0.1) is 5.52 Å². The summed E-state index contributed by atoms with van der Waals surface area (Å²) < 4.78 is 2.57. The second kappa shape index (κ2) is 5.25. The third kappa shape index (κ3) is 2.37. The maximum Gasteiger partial charge on any atom is 0.0528 e. The summed E-state index contributed by atoms with van der Waals surface area (Å²) >= 11 is 0. The number of rotatable bonds is 4. The fourth-order valence-electron chi connectivity index (χ4n) is 3.64. The van der Waals surface area contributed by atoms with Gasteiger partial charge in [-0.2, -0.15) is 0 Å². The number of nitrogens with zero attached hydrogens (tertiary/aromatic N) is 1. The van der Waals surface area contributed by atoms with Crippen molar-refractivity contribution >= 4 is 10.9 Å². The number of aromatic nitrogens is 1. The molecule has 2 saturated carbocycles. The Hall–Kier alpha value is -1.28. The first-order valence-corrected chi connectivity index (χ1v) is 8.23. The van der Waals surface area contributed by atoms with Crippen LogP contribution in [0.1, 0.15) is 56.6 Å². The van der Waals surface area contributed by atoms with Crippen molar-refractivity contribution in [1.82, 2.24) is 9.88 Å². The van der Waals surface area contributed by atoms with E-state index in [0.717, 1.165) is 18.6 Å². The third-order valence-electron chi connectivity index (χ3n) is 4.95. The lowest BCUT2D eigenvalue weighted by molar-refractivity contribution is 0.360. The van der Waals surface area contributed by atoms with E-state index < -0.39 is 0 Å². The van der Waals surface area contributed by atoms with Crippen LogP contribution in [0.5, 0.6) is 0 Å². The molecule has 106 valence electrons. The van der Waals surface area contributed by atoms with Crippen molar-refractivity contribution in [1.29, 1.82) is 0 Å². The van der Waals surface area contributed by atoms with Gasteiger partial charge in [0.2, 0.25) is 0 Å². The smallest absolute Gasteiger partial charge is 0.0528 e. The van der Waals surface area contributed by atoms with Crippen LogP contribution in [0.4, 0.5) is 0 Å². The van der Waals surface area contributed by atoms with Crippen LogP contribution in [0.25, 0.3) is 10.9 Å². The Morgan fingerprint density at radius 3 is 2.65 bits per heavy atom. The molecule has 2 aliphatic carbocycles. The molecule has 0 saturated heterocycles. The van der Waals surface area contributed by atoms with Gasteiger partial charge < -0.3 is 9.88 Å². The van der Waals surface area contributed by atoms with Gasteiger partial charge in [0, 0.05) is 24.8 Å². The van der Waals surface area contributed by atoms with Gasteiger partial charge in [-0.15, -0.1) is 0 Å². The van der Waals surface area contributed by atoms with Gasteiger partial charge in [-0.3, -0.25) is 0 Å². The highest BCUT2D eigenvalue weighted by Gasteiger charge is 2.21. The molecule has 2 aliphatic rings. The van der Waals surface area contributed by atoms with Crippen molar-refractivity contribution in [3.05, 3.63) is 36.0 Å². The van der Waals surface area contributed by atoms with Crippen molar-refractivity contribution in [3.8, 4) is 0 Å². The number of benzene rings is 1. The molecule has 20 heavy (non-hydrogen) atoms. The monoisotopic (exact) mass is 268 g/mol. The molecular formula is C18H24N2. The average Bonchev–Trinajstić information content (AvgIpc) is 3.23. The first-order chi connectivity index (χ1) is 9.92. The number of hydrogen-bond acceptors (Lipinski definition) is 1. The Bertz CT molecular complexity index is 588. The highest BCUT2D eigenvalue weighted by molar-refractivity contribution is 5.83. The van der Waals surface area contributed by atoms with Gasteiger partial charge in [-0.05, 0) is 42.7 Å². The maximum absolute atomic E-state index is 3.67. The van der Waals surface area contributed by atoms with E-state index in [9.17, 15) is 0 Å². The van der Waals surface area contributed by atoms with Gasteiger partial charge in [-0.1, -0.05) is 37.5 Å². The molecular weight excluding hydrogens is 244 g/mol. The van der Waals surface area contributed by atoms with Crippen LogP contribution >= 0.6 is 0 Å². The Labute approximate surface area is 121 Å². The SMILES string of the molecule is c1cc(CNC2CC2)c2c(c1)ccn2C1CCCCC1. The molecule has 2 fully saturated rings. The highest BCUT2D eigenvalue weighted by Crippen LogP contribution is 2.33. The predicted octanol–water partition coefficient (Wildman–Crippen LogP) is 4.40. The van der Waals surface area contributed by atoms with Crippen LogP contribution in [0.2, 0.25) is 0 Å². The van der Waals surface area contributed by atoms with Gasteiger partial charge in [0.15, 0.2) is 0 Å². The van der Waals surface area contributed by atoms with E-state index in [0.29, 0.717) is 0 Å². The first kappa shape index (κ1) is 12.5. The zero-order valence-electron chi connectivity index (χ0n) is 12.1. The number of fused-ring (bicyclic) bond motifs is 1. The molecule has 0 amide bonds. The Morgan fingerprint density at radius 2 is 1.85 bits per heavy atom. The lowest BCUT2D eigenvalue weighted by Gasteiger charge is -2.25. The second-order valence-corrected chi connectivity index (χ2v) is 6.52. The Balaban J connectivity index is 1.68. The molecule has 0 unspecified atom stereocenters. The van der Waals surface area contributed by atoms with Gasteiger partial charge >= 0.3 is 0 Å². The van der Waals surface area contributed by atoms with Crippen LogP contribution in [-0.2, 0) is 6.54 Å². The minimum Gasteiger partial charge on any atom is -0.344 e. The molecule has 2 nitrogen and oxygen atoms in total. The largest absolute Gasteiger partial charge is 0.344 e. The van der Waals surface area contributed by atoms with E-state index in [1.54, 1.807) is 0 Å². The summed E-state index contributed by atoms with van der Waals surface area (Å²) in [5.41, 5.74) is 2.96. The topological polar surface area (TPSA) is 17.0 Å². The zero-order valence-corrected chi connectivity index (χ0v) is 12.1. The minimum absolute atomic E-state index is 0.725. The molecule has 1 heterocycles. The lowest BCUT2D eigenvalue weighted by Crippen LogP contribution is -2.17. The molecule has 2 aromatic rings. The highest BCUT2D eigenvalue weighted by atomic mass is 15.0. The Morgan fingerprint density at radius 1 is 1.00 bits per heavy atom. The van der Waals surface area contributed by atoms with Crippen LogP contribution in [0, 0.1) is 0 Å². The van der Waals surface area contributed by atoms with Gasteiger partial charge in [0.1, 0.15) is 0 Å². The van der Waals surface area contributed by atoms with Crippen molar-refractivity contribution in [2.45, 2.75) is 63.6 Å². The fourth-order valence-corrected chi connectivity index (χ4v) is 3.64. The molecule has 1 N–H and O–H groups in total. The molecule has 1 aromatic heterocycles. The maximum atomic E-state index is 3.67. The summed E-state index contributed by atoms with van der Waals surface area (Å²) in [4.78, 5) is 0. The molecule has 0 bridgehead atoms. The normalized spacial score (nSPS) is 20.6. The summed E-state index contributed by atoms with van der Waals surface area (Å²) in [7, 11) is 0. The van der Waals surface area contributed by atoms with Crippen molar-refractivity contribution < 1.29 is 0 Å². The number of para-hydroxylation sites is 1. The van der Waals surface area contributed by atoms with Crippen molar-refractivity contribution in [2.24, 2.45) is 0 Å². The lowest BCUT2D eigenvalue weighted by atomic mass is 9.95. The van der Waals surface area contributed by atoms with E-state index in [1.165, 1.54) is 61.4 Å². The van der Waals surface area contributed by atoms with Crippen LogP contribution in [0.15, 0.2) is 30.5 Å². The number of nitrogens with one attached hydrogen (secondary N) is 1. The van der Waals surface area contributed by atoms with Gasteiger partial charge in [0.25, 0.3) is 0 Å². The standard InChI is InChI=1S/C18H24N2/c1-2-7-17(8-3-1)20-12-11-14-5-4-6-15(18(14)20)13-19-16-9-10-16/h4-6,11-12,16-17,19H,1-3,7-10,13H2. The minimum atomic E-state index is 0.725. The molecule has 0 atom stereocenters. The molecule has 2 heteroatoms. The molecule has 4 rings (SSSR count). The molecule has 0 radical (unpaired) electrons. The second-order valence-electron chi connectivity index (χ2n) is 6.52. The number of hydrogen-bond donors (Lipinski definition) is 1. The summed E-state index contributed by atoms with van der Waals surface area (Å²) in [6, 6.07) is 10.6. The summed E-state index contributed by atoms with van der Waals surface area (Å²) in [6.07, 6.45) is 12.0. The third-order valence-corrected chi connectivity index (χ3v) is 4.95.